The molecule has 7 heteroatoms. The number of fused-ring (bicyclic) bond motifs is 3. The molecule has 2 N–H and O–H groups in total. The first-order chi connectivity index (χ1) is 16.9. The van der Waals surface area contributed by atoms with Crippen LogP contribution in [0.5, 0.6) is 0 Å². The van der Waals surface area contributed by atoms with Gasteiger partial charge in [0.2, 0.25) is 5.91 Å². The summed E-state index contributed by atoms with van der Waals surface area (Å²) in [6.07, 6.45) is 1.74. The summed E-state index contributed by atoms with van der Waals surface area (Å²) in [6.45, 7) is 5.37. The Morgan fingerprint density at radius 1 is 1.06 bits per heavy atom. The number of nitrogens with zero attached hydrogens (tertiary/aromatic N) is 1. The van der Waals surface area contributed by atoms with E-state index in [0.717, 1.165) is 24.0 Å². The highest BCUT2D eigenvalue weighted by molar-refractivity contribution is 5.86. The second-order valence-corrected chi connectivity index (χ2v) is 9.73. The molecule has 0 bridgehead atoms. The fraction of sp³-hybridized carbons (Fsp3) is 0.464. The topological polar surface area (TPSA) is 95.9 Å². The lowest BCUT2D eigenvalue weighted by Crippen LogP contribution is -2.58. The largest absolute Gasteiger partial charge is 0.481 e. The van der Waals surface area contributed by atoms with E-state index in [2.05, 4.69) is 29.6 Å². The second-order valence-electron chi connectivity index (χ2n) is 9.73. The van der Waals surface area contributed by atoms with Crippen molar-refractivity contribution in [3.63, 3.8) is 0 Å². The molecule has 0 spiro atoms. The molecule has 2 aliphatic rings. The monoisotopic (exact) mass is 478 g/mol. The highest BCUT2D eigenvalue weighted by Gasteiger charge is 2.37. The Bertz CT molecular complexity index is 1030. The smallest absolute Gasteiger partial charge is 0.407 e. The van der Waals surface area contributed by atoms with Gasteiger partial charge in [-0.2, -0.15) is 0 Å². The van der Waals surface area contributed by atoms with E-state index in [4.69, 9.17) is 9.84 Å². The Morgan fingerprint density at radius 3 is 2.23 bits per heavy atom. The van der Waals surface area contributed by atoms with E-state index in [-0.39, 0.29) is 30.8 Å². The Balaban J connectivity index is 1.33. The van der Waals surface area contributed by atoms with E-state index in [0.29, 0.717) is 25.4 Å². The summed E-state index contributed by atoms with van der Waals surface area (Å²) >= 11 is 0. The highest BCUT2D eigenvalue weighted by atomic mass is 16.5. The average molecular weight is 479 g/mol. The predicted octanol–water partition coefficient (Wildman–Crippen LogP) is 4.65. The van der Waals surface area contributed by atoms with Crippen LogP contribution >= 0.6 is 0 Å². The van der Waals surface area contributed by atoms with Crippen molar-refractivity contribution in [3.05, 3.63) is 59.7 Å². The molecule has 0 saturated carbocycles. The lowest BCUT2D eigenvalue weighted by molar-refractivity contribution is -0.142. The first kappa shape index (κ1) is 24.8. The molecule has 1 fully saturated rings. The van der Waals surface area contributed by atoms with E-state index < -0.39 is 18.1 Å². The number of likely N-dealkylation sites (tertiary alicyclic amines) is 1. The summed E-state index contributed by atoms with van der Waals surface area (Å²) in [6, 6.07) is 15.7. The molecule has 2 aromatic carbocycles. The van der Waals surface area contributed by atoms with Crippen molar-refractivity contribution in [1.82, 2.24) is 10.2 Å². The van der Waals surface area contributed by atoms with Crippen molar-refractivity contribution in [2.75, 3.05) is 19.7 Å². The van der Waals surface area contributed by atoms with Gasteiger partial charge in [-0.15, -0.1) is 0 Å². The minimum absolute atomic E-state index is 0.0333. The summed E-state index contributed by atoms with van der Waals surface area (Å²) < 4.78 is 5.67. The number of hydrogen-bond donors (Lipinski definition) is 2. The van der Waals surface area contributed by atoms with Crippen LogP contribution in [0.2, 0.25) is 0 Å². The molecule has 1 aliphatic carbocycles. The van der Waals surface area contributed by atoms with Gasteiger partial charge >= 0.3 is 12.1 Å². The van der Waals surface area contributed by atoms with Crippen LogP contribution in [-0.2, 0) is 14.3 Å². The number of carbonyl (C=O) groups is 3. The van der Waals surface area contributed by atoms with Crippen molar-refractivity contribution in [2.45, 2.75) is 51.5 Å². The normalized spacial score (nSPS) is 16.6. The fourth-order valence-corrected chi connectivity index (χ4v) is 5.12. The van der Waals surface area contributed by atoms with Crippen molar-refractivity contribution < 1.29 is 24.2 Å². The second kappa shape index (κ2) is 10.9. The van der Waals surface area contributed by atoms with Gasteiger partial charge in [0.1, 0.15) is 12.6 Å². The summed E-state index contributed by atoms with van der Waals surface area (Å²) in [5.74, 6) is -0.629. The molecule has 4 rings (SSSR count). The molecular formula is C28H34N2O5. The zero-order valence-electron chi connectivity index (χ0n) is 20.4. The molecule has 2 atom stereocenters. The van der Waals surface area contributed by atoms with E-state index >= 15 is 0 Å². The van der Waals surface area contributed by atoms with Crippen LogP contribution in [0.4, 0.5) is 4.79 Å². The number of rotatable bonds is 10. The third kappa shape index (κ3) is 5.50. The minimum Gasteiger partial charge on any atom is -0.481 e. The van der Waals surface area contributed by atoms with Crippen molar-refractivity contribution in [1.29, 1.82) is 0 Å². The third-order valence-electron chi connectivity index (χ3n) is 7.37. The number of hydrogen-bond acceptors (Lipinski definition) is 4. The first-order valence-corrected chi connectivity index (χ1v) is 12.5. The molecule has 2 amide bonds. The van der Waals surface area contributed by atoms with E-state index in [1.807, 2.05) is 38.1 Å². The van der Waals surface area contributed by atoms with E-state index in [9.17, 15) is 14.4 Å². The van der Waals surface area contributed by atoms with Crippen molar-refractivity contribution >= 4 is 18.0 Å². The predicted molar refractivity (Wildman–Crippen MR) is 133 cm³/mol. The number of alkyl carbamates (subject to hydrolysis) is 1. The van der Waals surface area contributed by atoms with Gasteiger partial charge in [0.05, 0.1) is 0 Å². The van der Waals surface area contributed by atoms with Gasteiger partial charge in [-0.3, -0.25) is 9.59 Å². The molecule has 0 radical (unpaired) electrons. The third-order valence-corrected chi connectivity index (χ3v) is 7.37. The number of nitrogens with one attached hydrogen (secondary N) is 1. The van der Waals surface area contributed by atoms with Crippen LogP contribution < -0.4 is 5.32 Å². The summed E-state index contributed by atoms with van der Waals surface area (Å²) in [5, 5.41) is 11.6. The number of ether oxygens (including phenoxy) is 1. The van der Waals surface area contributed by atoms with Crippen LogP contribution in [0, 0.1) is 11.8 Å². The van der Waals surface area contributed by atoms with Gasteiger partial charge in [-0.05, 0) is 46.9 Å². The van der Waals surface area contributed by atoms with Gasteiger partial charge in [0.15, 0.2) is 0 Å². The van der Waals surface area contributed by atoms with Crippen LogP contribution in [0.1, 0.15) is 56.6 Å². The number of benzene rings is 2. The molecule has 7 nitrogen and oxygen atoms in total. The quantitative estimate of drug-likeness (QED) is 0.518. The van der Waals surface area contributed by atoms with Gasteiger partial charge < -0.3 is 20.1 Å². The minimum atomic E-state index is -0.790. The maximum absolute atomic E-state index is 13.1. The first-order valence-electron chi connectivity index (χ1n) is 12.5. The Kier molecular flexibility index (Phi) is 7.73. The number of amides is 2. The number of carbonyl (C=O) groups excluding carboxylic acids is 2. The van der Waals surface area contributed by atoms with Crippen molar-refractivity contribution in [3.8, 4) is 11.1 Å². The molecule has 35 heavy (non-hydrogen) atoms. The van der Waals surface area contributed by atoms with Crippen LogP contribution in [0.3, 0.4) is 0 Å². The zero-order valence-corrected chi connectivity index (χ0v) is 20.4. The lowest BCUT2D eigenvalue weighted by atomic mass is 9.90. The Labute approximate surface area is 206 Å². The lowest BCUT2D eigenvalue weighted by Gasteiger charge is -2.42. The maximum Gasteiger partial charge on any atom is 0.407 e. The SMILES string of the molecule is CCC(C)C(NC(=O)OCC1c2ccccc2-c2ccccc21)C(=O)N1CC(CCCC(=O)O)C1. The molecular weight excluding hydrogens is 444 g/mol. The van der Waals surface area contributed by atoms with E-state index in [1.165, 1.54) is 11.1 Å². The zero-order chi connectivity index (χ0) is 24.9. The van der Waals surface area contributed by atoms with E-state index in [1.54, 1.807) is 4.90 Å². The molecule has 2 aromatic rings. The molecule has 1 aliphatic heterocycles. The van der Waals surface area contributed by atoms with Crippen LogP contribution in [0.15, 0.2) is 48.5 Å². The molecule has 186 valence electrons. The number of carboxylic acids is 1. The fourth-order valence-electron chi connectivity index (χ4n) is 5.12. The van der Waals surface area contributed by atoms with Crippen LogP contribution in [0.25, 0.3) is 11.1 Å². The van der Waals surface area contributed by atoms with Crippen molar-refractivity contribution in [2.24, 2.45) is 11.8 Å². The summed E-state index contributed by atoms with van der Waals surface area (Å²) in [4.78, 5) is 38.4. The number of carboxylic acid groups (broad SMARTS) is 1. The maximum atomic E-state index is 13.1. The summed E-state index contributed by atoms with van der Waals surface area (Å²) in [7, 11) is 0. The molecule has 1 heterocycles. The number of aliphatic carboxylic acids is 1. The van der Waals surface area contributed by atoms with Crippen LogP contribution in [-0.4, -0.2) is 53.7 Å². The molecule has 1 saturated heterocycles. The van der Waals surface area contributed by atoms with Gasteiger partial charge in [0.25, 0.3) is 0 Å². The Morgan fingerprint density at radius 2 is 1.66 bits per heavy atom. The highest BCUT2D eigenvalue weighted by Crippen LogP contribution is 2.44. The molecule has 2 unspecified atom stereocenters. The standard InChI is InChI=1S/C28H34N2O5/c1-3-18(2)26(27(33)30-15-19(16-30)9-8-14-25(31)32)29-28(34)35-17-24-22-12-6-4-10-20(22)21-11-5-7-13-23(21)24/h4-7,10-13,18-19,24,26H,3,8-9,14-17H2,1-2H3,(H,29,34)(H,31,32). The average Bonchev–Trinajstić information content (AvgIpc) is 3.15. The Hall–Kier alpha value is -3.35. The summed E-state index contributed by atoms with van der Waals surface area (Å²) in [5.41, 5.74) is 4.62. The van der Waals surface area contributed by atoms with Gasteiger partial charge in [0, 0.05) is 25.4 Å². The van der Waals surface area contributed by atoms with Gasteiger partial charge in [-0.1, -0.05) is 68.8 Å². The van der Waals surface area contributed by atoms with Gasteiger partial charge in [-0.25, -0.2) is 4.79 Å². The molecule has 0 aromatic heterocycles.